The lowest BCUT2D eigenvalue weighted by molar-refractivity contribution is -0.123. The predicted octanol–water partition coefficient (Wildman–Crippen LogP) is 3.51. The molecule has 0 radical (unpaired) electrons. The Morgan fingerprint density at radius 2 is 1.81 bits per heavy atom. The van der Waals surface area contributed by atoms with Gasteiger partial charge in [0.05, 0.1) is 0 Å². The summed E-state index contributed by atoms with van der Waals surface area (Å²) in [4.78, 5) is 11.7. The number of hydrogen-bond acceptors (Lipinski definition) is 3. The van der Waals surface area contributed by atoms with E-state index in [-0.39, 0.29) is 12.5 Å². The molecule has 0 aliphatic heterocycles. The Kier molecular flexibility index (Phi) is 5.32. The van der Waals surface area contributed by atoms with Crippen LogP contribution in [0.4, 0.5) is 0 Å². The Morgan fingerprint density at radius 1 is 1.10 bits per heavy atom. The van der Waals surface area contributed by atoms with Gasteiger partial charge in [-0.05, 0) is 35.7 Å². The highest BCUT2D eigenvalue weighted by Crippen LogP contribution is 2.20. The minimum absolute atomic E-state index is 0.0391. The number of hydrazone groups is 1. The summed E-state index contributed by atoms with van der Waals surface area (Å²) < 4.78 is 5.49. The fourth-order valence-corrected chi connectivity index (χ4v) is 1.99. The van der Waals surface area contributed by atoms with Gasteiger partial charge in [-0.1, -0.05) is 44.2 Å². The topological polar surface area (TPSA) is 50.7 Å². The van der Waals surface area contributed by atoms with E-state index in [4.69, 9.17) is 4.74 Å². The van der Waals surface area contributed by atoms with Crippen molar-refractivity contribution in [3.05, 3.63) is 42.5 Å². The molecular weight excluding hydrogens is 264 g/mol. The molecule has 0 saturated carbocycles. The van der Waals surface area contributed by atoms with E-state index >= 15 is 0 Å². The Balaban J connectivity index is 1.92. The van der Waals surface area contributed by atoms with Crippen LogP contribution in [0.15, 0.2) is 47.6 Å². The van der Waals surface area contributed by atoms with Gasteiger partial charge in [0, 0.05) is 5.71 Å². The summed E-state index contributed by atoms with van der Waals surface area (Å²) in [6.07, 6.45) is 1.67. The van der Waals surface area contributed by atoms with Crippen LogP contribution in [0.3, 0.4) is 0 Å². The quantitative estimate of drug-likeness (QED) is 0.652. The van der Waals surface area contributed by atoms with Crippen molar-refractivity contribution in [1.82, 2.24) is 5.43 Å². The second kappa shape index (κ2) is 7.43. The molecule has 0 fully saturated rings. The first-order valence-corrected chi connectivity index (χ1v) is 7.18. The third kappa shape index (κ3) is 4.31. The molecule has 0 atom stereocenters. The molecular formula is C17H20N2O2. The summed E-state index contributed by atoms with van der Waals surface area (Å²) in [6, 6.07) is 13.8. The lowest BCUT2D eigenvalue weighted by Crippen LogP contribution is -2.25. The van der Waals surface area contributed by atoms with Gasteiger partial charge < -0.3 is 4.74 Å². The van der Waals surface area contributed by atoms with Crippen LogP contribution in [0.1, 0.15) is 26.7 Å². The van der Waals surface area contributed by atoms with Gasteiger partial charge in [-0.25, -0.2) is 5.43 Å². The molecule has 0 aliphatic rings. The number of ether oxygens (including phenoxy) is 1. The minimum Gasteiger partial charge on any atom is -0.484 e. The van der Waals surface area contributed by atoms with Crippen LogP contribution in [0.2, 0.25) is 0 Å². The largest absolute Gasteiger partial charge is 0.484 e. The smallest absolute Gasteiger partial charge is 0.277 e. The van der Waals surface area contributed by atoms with Crippen LogP contribution < -0.4 is 10.2 Å². The molecule has 0 unspecified atom stereocenters. The molecule has 0 heterocycles. The second-order valence-corrected chi connectivity index (χ2v) is 4.72. The number of carbonyl (C=O) groups excluding carboxylic acids is 1. The van der Waals surface area contributed by atoms with Crippen LogP contribution in [-0.2, 0) is 4.79 Å². The van der Waals surface area contributed by atoms with Gasteiger partial charge in [-0.15, -0.1) is 0 Å². The number of carbonyl (C=O) groups is 1. The van der Waals surface area contributed by atoms with Crippen LogP contribution >= 0.6 is 0 Å². The van der Waals surface area contributed by atoms with Crippen molar-refractivity contribution in [2.75, 3.05) is 6.61 Å². The van der Waals surface area contributed by atoms with E-state index in [2.05, 4.69) is 10.5 Å². The molecule has 1 N–H and O–H groups in total. The van der Waals surface area contributed by atoms with E-state index in [9.17, 15) is 4.79 Å². The first-order chi connectivity index (χ1) is 10.2. The van der Waals surface area contributed by atoms with Crippen molar-refractivity contribution < 1.29 is 9.53 Å². The van der Waals surface area contributed by atoms with E-state index in [0.717, 1.165) is 29.3 Å². The molecule has 2 aromatic carbocycles. The lowest BCUT2D eigenvalue weighted by Gasteiger charge is -2.07. The summed E-state index contributed by atoms with van der Waals surface area (Å²) in [5.74, 6) is 0.432. The molecule has 0 aromatic heterocycles. The van der Waals surface area contributed by atoms with E-state index in [0.29, 0.717) is 5.75 Å². The van der Waals surface area contributed by atoms with Crippen molar-refractivity contribution in [2.45, 2.75) is 26.7 Å². The van der Waals surface area contributed by atoms with Crippen LogP contribution in [0.5, 0.6) is 5.75 Å². The molecule has 4 heteroatoms. The van der Waals surface area contributed by atoms with Crippen molar-refractivity contribution >= 4 is 22.4 Å². The number of nitrogens with zero attached hydrogens (tertiary/aromatic N) is 1. The first-order valence-electron chi connectivity index (χ1n) is 7.18. The predicted molar refractivity (Wildman–Crippen MR) is 85.6 cm³/mol. The summed E-state index contributed by atoms with van der Waals surface area (Å²) in [5, 5.41) is 6.30. The van der Waals surface area contributed by atoms with E-state index < -0.39 is 0 Å². The molecule has 4 nitrogen and oxygen atoms in total. The molecule has 2 aromatic rings. The standard InChI is InChI=1S/C17H20N2O2/c1-3-15(4-2)18-19-17(20)12-21-16-10-9-13-7-5-6-8-14(13)11-16/h5-11H,3-4,12H2,1-2H3,(H,19,20). The highest BCUT2D eigenvalue weighted by molar-refractivity contribution is 5.86. The zero-order chi connectivity index (χ0) is 15.1. The van der Waals surface area contributed by atoms with E-state index in [1.165, 1.54) is 0 Å². The van der Waals surface area contributed by atoms with Crippen LogP contribution in [0, 0.1) is 0 Å². The maximum atomic E-state index is 11.7. The minimum atomic E-state index is -0.248. The zero-order valence-corrected chi connectivity index (χ0v) is 12.4. The highest BCUT2D eigenvalue weighted by atomic mass is 16.5. The zero-order valence-electron chi connectivity index (χ0n) is 12.4. The van der Waals surface area contributed by atoms with Gasteiger partial charge >= 0.3 is 0 Å². The average Bonchev–Trinajstić information content (AvgIpc) is 2.53. The molecule has 0 spiro atoms. The van der Waals surface area contributed by atoms with Gasteiger partial charge in [0.15, 0.2) is 6.61 Å². The summed E-state index contributed by atoms with van der Waals surface area (Å²) in [5.41, 5.74) is 3.48. The van der Waals surface area contributed by atoms with Crippen LogP contribution in [-0.4, -0.2) is 18.2 Å². The Hall–Kier alpha value is -2.36. The number of rotatable bonds is 6. The number of amides is 1. The Labute approximate surface area is 124 Å². The van der Waals surface area contributed by atoms with Crippen molar-refractivity contribution in [3.8, 4) is 5.75 Å². The first kappa shape index (κ1) is 15.0. The number of benzene rings is 2. The van der Waals surface area contributed by atoms with Crippen molar-refractivity contribution in [3.63, 3.8) is 0 Å². The normalized spacial score (nSPS) is 10.2. The average molecular weight is 284 g/mol. The molecule has 21 heavy (non-hydrogen) atoms. The van der Waals surface area contributed by atoms with Crippen molar-refractivity contribution in [2.24, 2.45) is 5.10 Å². The summed E-state index contributed by atoms with van der Waals surface area (Å²) in [6.45, 7) is 3.99. The number of nitrogens with one attached hydrogen (secondary N) is 1. The molecule has 2 rings (SSSR count). The number of hydrogen-bond donors (Lipinski definition) is 1. The third-order valence-corrected chi connectivity index (χ3v) is 3.25. The van der Waals surface area contributed by atoms with E-state index in [1.54, 1.807) is 0 Å². The van der Waals surface area contributed by atoms with E-state index in [1.807, 2.05) is 56.3 Å². The molecule has 0 aliphatic carbocycles. The summed E-state index contributed by atoms with van der Waals surface area (Å²) >= 11 is 0. The highest BCUT2D eigenvalue weighted by Gasteiger charge is 2.03. The molecule has 0 saturated heterocycles. The molecule has 110 valence electrons. The Bertz CT molecular complexity index is 644. The van der Waals surface area contributed by atoms with Gasteiger partial charge in [0.25, 0.3) is 5.91 Å². The second-order valence-electron chi connectivity index (χ2n) is 4.72. The third-order valence-electron chi connectivity index (χ3n) is 3.25. The fraction of sp³-hybridized carbons (Fsp3) is 0.294. The molecule has 0 bridgehead atoms. The maximum absolute atomic E-state index is 11.7. The Morgan fingerprint density at radius 3 is 2.52 bits per heavy atom. The maximum Gasteiger partial charge on any atom is 0.277 e. The fourth-order valence-electron chi connectivity index (χ4n) is 1.99. The summed E-state index contributed by atoms with van der Waals surface area (Å²) in [7, 11) is 0. The van der Waals surface area contributed by atoms with Gasteiger partial charge in [0.2, 0.25) is 0 Å². The van der Waals surface area contributed by atoms with Gasteiger partial charge in [0.1, 0.15) is 5.75 Å². The van der Waals surface area contributed by atoms with Gasteiger partial charge in [-0.3, -0.25) is 4.79 Å². The SMILES string of the molecule is CCC(CC)=NNC(=O)COc1ccc2ccccc2c1. The van der Waals surface area contributed by atoms with Crippen LogP contribution in [0.25, 0.3) is 10.8 Å². The number of fused-ring (bicyclic) bond motifs is 1. The van der Waals surface area contributed by atoms with Gasteiger partial charge in [-0.2, -0.15) is 5.10 Å². The lowest BCUT2D eigenvalue weighted by atomic mass is 10.1. The van der Waals surface area contributed by atoms with Crippen molar-refractivity contribution in [1.29, 1.82) is 0 Å². The monoisotopic (exact) mass is 284 g/mol. The molecule has 1 amide bonds.